The average Bonchev–Trinajstić information content (AvgIpc) is 2.54. The Bertz CT molecular complexity index is 422. The molecule has 0 bridgehead atoms. The van der Waals surface area contributed by atoms with Crippen molar-refractivity contribution in [1.29, 1.82) is 0 Å². The SMILES string of the molecule is CCOC(=O)C(C)(CCCCCCBr)COc1ccccc1. The second kappa shape index (κ2) is 10.7. The fraction of sp³-hybridized carbons (Fsp3) is 0.611. The molecule has 22 heavy (non-hydrogen) atoms. The van der Waals surface area contributed by atoms with Crippen LogP contribution in [0.1, 0.15) is 46.0 Å². The average molecular weight is 371 g/mol. The van der Waals surface area contributed by atoms with Crippen molar-refractivity contribution >= 4 is 21.9 Å². The van der Waals surface area contributed by atoms with Crippen LogP contribution < -0.4 is 4.74 Å². The van der Waals surface area contributed by atoms with Crippen LogP contribution in [0.15, 0.2) is 30.3 Å². The van der Waals surface area contributed by atoms with Gasteiger partial charge in [0.2, 0.25) is 0 Å². The molecule has 1 aromatic carbocycles. The number of ether oxygens (including phenoxy) is 2. The zero-order chi connectivity index (χ0) is 16.3. The number of hydrogen-bond acceptors (Lipinski definition) is 3. The van der Waals surface area contributed by atoms with Gasteiger partial charge in [-0.3, -0.25) is 4.79 Å². The minimum Gasteiger partial charge on any atom is -0.492 e. The molecule has 1 rings (SSSR count). The fourth-order valence-corrected chi connectivity index (χ4v) is 2.66. The van der Waals surface area contributed by atoms with Crippen LogP contribution >= 0.6 is 15.9 Å². The summed E-state index contributed by atoms with van der Waals surface area (Å²) in [7, 11) is 0. The van der Waals surface area contributed by atoms with E-state index in [-0.39, 0.29) is 5.97 Å². The third kappa shape index (κ3) is 6.82. The molecule has 1 aromatic rings. The van der Waals surface area contributed by atoms with Crippen molar-refractivity contribution in [1.82, 2.24) is 0 Å². The predicted octanol–water partition coefficient (Wildman–Crippen LogP) is 4.98. The fourth-order valence-electron chi connectivity index (χ4n) is 2.26. The molecule has 4 heteroatoms. The molecule has 0 saturated heterocycles. The van der Waals surface area contributed by atoms with E-state index in [2.05, 4.69) is 15.9 Å². The van der Waals surface area contributed by atoms with Gasteiger partial charge in [0.1, 0.15) is 12.4 Å². The molecular formula is C18H27BrO3. The summed E-state index contributed by atoms with van der Waals surface area (Å²) in [6.45, 7) is 4.54. The highest BCUT2D eigenvalue weighted by Gasteiger charge is 2.35. The van der Waals surface area contributed by atoms with Gasteiger partial charge < -0.3 is 9.47 Å². The number of hydrogen-bond donors (Lipinski definition) is 0. The highest BCUT2D eigenvalue weighted by molar-refractivity contribution is 9.09. The van der Waals surface area contributed by atoms with Gasteiger partial charge >= 0.3 is 5.97 Å². The van der Waals surface area contributed by atoms with Crippen LogP contribution in [-0.2, 0) is 9.53 Å². The van der Waals surface area contributed by atoms with Crippen molar-refractivity contribution in [2.75, 3.05) is 18.5 Å². The molecule has 0 N–H and O–H groups in total. The van der Waals surface area contributed by atoms with Crippen molar-refractivity contribution in [2.24, 2.45) is 5.41 Å². The molecule has 0 aliphatic heterocycles. The van der Waals surface area contributed by atoms with E-state index in [1.807, 2.05) is 44.2 Å². The number of alkyl halides is 1. The first-order valence-corrected chi connectivity index (χ1v) is 9.15. The van der Waals surface area contributed by atoms with E-state index < -0.39 is 5.41 Å². The van der Waals surface area contributed by atoms with Crippen molar-refractivity contribution in [2.45, 2.75) is 46.0 Å². The van der Waals surface area contributed by atoms with Gasteiger partial charge in [0.15, 0.2) is 0 Å². The molecule has 0 aromatic heterocycles. The summed E-state index contributed by atoms with van der Waals surface area (Å²) < 4.78 is 11.1. The summed E-state index contributed by atoms with van der Waals surface area (Å²) in [5.74, 6) is 0.628. The Balaban J connectivity index is 2.55. The Labute approximate surface area is 142 Å². The number of halogens is 1. The number of unbranched alkanes of at least 4 members (excludes halogenated alkanes) is 3. The van der Waals surface area contributed by atoms with Gasteiger partial charge in [0, 0.05) is 5.33 Å². The maximum Gasteiger partial charge on any atom is 0.315 e. The Morgan fingerprint density at radius 3 is 2.45 bits per heavy atom. The highest BCUT2D eigenvalue weighted by Crippen LogP contribution is 2.28. The summed E-state index contributed by atoms with van der Waals surface area (Å²) in [5.41, 5.74) is -0.583. The lowest BCUT2D eigenvalue weighted by Gasteiger charge is -2.27. The normalized spacial score (nSPS) is 13.4. The van der Waals surface area contributed by atoms with Gasteiger partial charge in [-0.2, -0.15) is 0 Å². The van der Waals surface area contributed by atoms with Crippen LogP contribution in [0.3, 0.4) is 0 Å². The van der Waals surface area contributed by atoms with E-state index in [0.29, 0.717) is 13.2 Å². The Morgan fingerprint density at radius 2 is 1.82 bits per heavy atom. The standard InChI is InChI=1S/C18H27BrO3/c1-3-21-17(20)18(2,13-9-4-5-10-14-19)15-22-16-11-7-6-8-12-16/h6-8,11-12H,3-5,9-10,13-15H2,1-2H3. The van der Waals surface area contributed by atoms with Gasteiger partial charge in [-0.15, -0.1) is 0 Å². The van der Waals surface area contributed by atoms with Gasteiger partial charge in [-0.25, -0.2) is 0 Å². The number of benzene rings is 1. The van der Waals surface area contributed by atoms with Crippen molar-refractivity contribution < 1.29 is 14.3 Å². The molecule has 3 nitrogen and oxygen atoms in total. The lowest BCUT2D eigenvalue weighted by molar-refractivity contribution is -0.156. The predicted molar refractivity (Wildman–Crippen MR) is 93.6 cm³/mol. The molecule has 0 saturated carbocycles. The molecule has 0 spiro atoms. The smallest absolute Gasteiger partial charge is 0.315 e. The van der Waals surface area contributed by atoms with Crippen LogP contribution in [-0.4, -0.2) is 24.5 Å². The molecular weight excluding hydrogens is 344 g/mol. The first-order chi connectivity index (χ1) is 10.6. The first kappa shape index (κ1) is 19.0. The van der Waals surface area contributed by atoms with E-state index in [4.69, 9.17) is 9.47 Å². The summed E-state index contributed by atoms with van der Waals surface area (Å²) in [6.07, 6.45) is 5.30. The van der Waals surface area contributed by atoms with Crippen LogP contribution in [0.5, 0.6) is 5.75 Å². The third-order valence-electron chi connectivity index (χ3n) is 3.68. The number of carbonyl (C=O) groups excluding carboxylic acids is 1. The van der Waals surface area contributed by atoms with E-state index in [1.54, 1.807) is 0 Å². The van der Waals surface area contributed by atoms with Gasteiger partial charge in [0.05, 0.1) is 12.0 Å². The summed E-state index contributed by atoms with van der Waals surface area (Å²) in [5, 5.41) is 1.04. The minimum absolute atomic E-state index is 0.161. The molecule has 0 amide bonds. The van der Waals surface area contributed by atoms with Crippen molar-refractivity contribution in [3.63, 3.8) is 0 Å². The molecule has 0 radical (unpaired) electrons. The first-order valence-electron chi connectivity index (χ1n) is 8.03. The lowest BCUT2D eigenvalue weighted by Crippen LogP contribution is -2.36. The van der Waals surface area contributed by atoms with E-state index in [0.717, 1.165) is 30.3 Å². The zero-order valence-electron chi connectivity index (χ0n) is 13.6. The van der Waals surface area contributed by atoms with Crippen molar-refractivity contribution in [3.8, 4) is 5.75 Å². The minimum atomic E-state index is -0.583. The largest absolute Gasteiger partial charge is 0.492 e. The molecule has 1 unspecified atom stereocenters. The zero-order valence-corrected chi connectivity index (χ0v) is 15.2. The van der Waals surface area contributed by atoms with E-state index in [9.17, 15) is 4.79 Å². The number of esters is 1. The Hall–Kier alpha value is -1.03. The highest BCUT2D eigenvalue weighted by atomic mass is 79.9. The van der Waals surface area contributed by atoms with Crippen LogP contribution in [0.4, 0.5) is 0 Å². The summed E-state index contributed by atoms with van der Waals surface area (Å²) in [6, 6.07) is 9.61. The third-order valence-corrected chi connectivity index (χ3v) is 4.24. The maximum atomic E-state index is 12.3. The van der Waals surface area contributed by atoms with E-state index in [1.165, 1.54) is 12.8 Å². The number of para-hydroxylation sites is 1. The molecule has 0 heterocycles. The Morgan fingerprint density at radius 1 is 1.14 bits per heavy atom. The monoisotopic (exact) mass is 370 g/mol. The van der Waals surface area contributed by atoms with Crippen LogP contribution in [0, 0.1) is 5.41 Å². The van der Waals surface area contributed by atoms with E-state index >= 15 is 0 Å². The van der Waals surface area contributed by atoms with Crippen LogP contribution in [0.2, 0.25) is 0 Å². The molecule has 124 valence electrons. The summed E-state index contributed by atoms with van der Waals surface area (Å²) in [4.78, 5) is 12.3. The number of carbonyl (C=O) groups is 1. The van der Waals surface area contributed by atoms with Gasteiger partial charge in [-0.05, 0) is 38.8 Å². The molecule has 0 aliphatic rings. The second-order valence-corrected chi connectivity index (χ2v) is 6.53. The Kier molecular flexibility index (Phi) is 9.21. The topological polar surface area (TPSA) is 35.5 Å². The number of rotatable bonds is 11. The van der Waals surface area contributed by atoms with Gasteiger partial charge in [-0.1, -0.05) is 53.4 Å². The molecule has 0 fully saturated rings. The maximum absolute atomic E-state index is 12.3. The molecule has 0 aliphatic carbocycles. The molecule has 1 atom stereocenters. The lowest BCUT2D eigenvalue weighted by atomic mass is 9.85. The quantitative estimate of drug-likeness (QED) is 0.313. The van der Waals surface area contributed by atoms with Gasteiger partial charge in [0.25, 0.3) is 0 Å². The van der Waals surface area contributed by atoms with Crippen molar-refractivity contribution in [3.05, 3.63) is 30.3 Å². The summed E-state index contributed by atoms with van der Waals surface area (Å²) >= 11 is 3.44. The van der Waals surface area contributed by atoms with Crippen LogP contribution in [0.25, 0.3) is 0 Å². The second-order valence-electron chi connectivity index (χ2n) is 5.74.